The van der Waals surface area contributed by atoms with Gasteiger partial charge in [-0.15, -0.1) is 0 Å². The number of amides is 3. The number of phenols is 1. The Kier molecular flexibility index (Phi) is 11.3. The SMILES string of the molecule is O=C1CC[C@@H](N2Cc3cc(N4CCN(C[C@@H]5CCCC[C@H]5CN5CCN(c6ccc([C@@H]7c8ccc(O)cc8CC[C@@H]7c7ccccc7)cc6)CC5)CC4)ccc3C2=O)C(=O)N1. The molecule has 10 rings (SSSR count). The van der Waals surface area contributed by atoms with Crippen LogP contribution in [0.3, 0.4) is 0 Å². The number of piperazine rings is 2. The molecule has 4 heterocycles. The molecule has 0 bridgehead atoms. The fourth-order valence-corrected chi connectivity index (χ4v) is 11.7. The molecule has 0 aromatic heterocycles. The molecule has 0 spiro atoms. The number of benzene rings is 4. The average Bonchev–Trinajstić information content (AvgIpc) is 3.62. The summed E-state index contributed by atoms with van der Waals surface area (Å²) in [6.07, 6.45) is 8.07. The summed E-state index contributed by atoms with van der Waals surface area (Å²) in [5.41, 5.74) is 9.48. The van der Waals surface area contributed by atoms with Crippen molar-refractivity contribution < 1.29 is 19.5 Å². The molecule has 2 aliphatic carbocycles. The number of piperidine rings is 1. The summed E-state index contributed by atoms with van der Waals surface area (Å²) in [6, 6.07) is 31.9. The van der Waals surface area contributed by atoms with E-state index in [-0.39, 0.29) is 30.1 Å². The number of hydrogen-bond donors (Lipinski definition) is 2. The highest BCUT2D eigenvalue weighted by Gasteiger charge is 2.40. The van der Waals surface area contributed by atoms with Crippen LogP contribution in [-0.2, 0) is 22.6 Å². The van der Waals surface area contributed by atoms with E-state index in [0.717, 1.165) is 88.3 Å². The Morgan fingerprint density at radius 3 is 1.93 bits per heavy atom. The van der Waals surface area contributed by atoms with Crippen molar-refractivity contribution in [3.8, 4) is 5.75 Å². The van der Waals surface area contributed by atoms with E-state index in [0.29, 0.717) is 30.2 Å². The molecule has 10 nitrogen and oxygen atoms in total. The first kappa shape index (κ1) is 39.9. The third-order valence-electron chi connectivity index (χ3n) is 15.1. The molecule has 1 saturated carbocycles. The normalized spacial score (nSPS) is 26.3. The molecule has 4 aromatic rings. The summed E-state index contributed by atoms with van der Waals surface area (Å²) in [7, 11) is 0. The summed E-state index contributed by atoms with van der Waals surface area (Å²) in [5.74, 6) is 1.79. The van der Waals surface area contributed by atoms with Gasteiger partial charge < -0.3 is 19.8 Å². The average molecular weight is 821 g/mol. The van der Waals surface area contributed by atoms with Gasteiger partial charge in [-0.1, -0.05) is 61.4 Å². The first-order chi connectivity index (χ1) is 29.8. The number of rotatable bonds is 9. The molecular weight excluding hydrogens is 761 g/mol. The number of imide groups is 1. The molecule has 4 aliphatic heterocycles. The van der Waals surface area contributed by atoms with Gasteiger partial charge in [0, 0.05) is 101 Å². The summed E-state index contributed by atoms with van der Waals surface area (Å²) in [4.78, 5) is 49.5. The number of anilines is 2. The number of fused-ring (bicyclic) bond motifs is 2. The van der Waals surface area contributed by atoms with Gasteiger partial charge >= 0.3 is 0 Å². The van der Waals surface area contributed by atoms with Crippen LogP contribution >= 0.6 is 0 Å². The van der Waals surface area contributed by atoms with Gasteiger partial charge in [0.2, 0.25) is 11.8 Å². The Morgan fingerprint density at radius 1 is 0.607 bits per heavy atom. The van der Waals surface area contributed by atoms with Gasteiger partial charge in [-0.05, 0) is 120 Å². The number of aryl methyl sites for hydroxylation is 1. The Balaban J connectivity index is 0.716. The minimum Gasteiger partial charge on any atom is -0.508 e. The summed E-state index contributed by atoms with van der Waals surface area (Å²) in [6.45, 7) is 11.2. The van der Waals surface area contributed by atoms with Gasteiger partial charge in [-0.2, -0.15) is 0 Å². The number of hydrogen-bond acceptors (Lipinski definition) is 8. The van der Waals surface area contributed by atoms with Gasteiger partial charge in [0.25, 0.3) is 5.91 Å². The number of nitrogens with zero attached hydrogens (tertiary/aromatic N) is 5. The molecule has 3 saturated heterocycles. The van der Waals surface area contributed by atoms with Crippen LogP contribution in [0.25, 0.3) is 0 Å². The van der Waals surface area contributed by atoms with E-state index in [4.69, 9.17) is 0 Å². The van der Waals surface area contributed by atoms with Crippen molar-refractivity contribution in [3.05, 3.63) is 124 Å². The van der Waals surface area contributed by atoms with Crippen molar-refractivity contribution in [1.82, 2.24) is 20.0 Å². The lowest BCUT2D eigenvalue weighted by Crippen LogP contribution is -2.52. The second-order valence-corrected chi connectivity index (χ2v) is 18.6. The van der Waals surface area contributed by atoms with Crippen molar-refractivity contribution in [2.24, 2.45) is 11.8 Å². The highest BCUT2D eigenvalue weighted by Crippen LogP contribution is 2.47. The maximum atomic E-state index is 13.2. The maximum absolute atomic E-state index is 13.2. The quantitative estimate of drug-likeness (QED) is 0.179. The lowest BCUT2D eigenvalue weighted by atomic mass is 9.69. The van der Waals surface area contributed by atoms with Crippen LogP contribution in [0.15, 0.2) is 91.0 Å². The molecule has 61 heavy (non-hydrogen) atoms. The molecule has 3 amide bonds. The summed E-state index contributed by atoms with van der Waals surface area (Å²) < 4.78 is 0. The van der Waals surface area contributed by atoms with E-state index < -0.39 is 6.04 Å². The smallest absolute Gasteiger partial charge is 0.255 e. The first-order valence-electron chi connectivity index (χ1n) is 23.0. The van der Waals surface area contributed by atoms with Crippen LogP contribution in [0.5, 0.6) is 5.75 Å². The van der Waals surface area contributed by atoms with Crippen molar-refractivity contribution in [2.45, 2.75) is 75.8 Å². The molecule has 10 heteroatoms. The maximum Gasteiger partial charge on any atom is 0.255 e. The minimum atomic E-state index is -0.583. The highest BCUT2D eigenvalue weighted by molar-refractivity contribution is 6.05. The predicted octanol–water partition coefficient (Wildman–Crippen LogP) is 6.77. The van der Waals surface area contributed by atoms with Gasteiger partial charge in [0.1, 0.15) is 11.8 Å². The predicted molar refractivity (Wildman–Crippen MR) is 239 cm³/mol. The second kappa shape index (κ2) is 17.3. The van der Waals surface area contributed by atoms with E-state index in [2.05, 4.69) is 97.7 Å². The summed E-state index contributed by atoms with van der Waals surface area (Å²) >= 11 is 0. The third kappa shape index (κ3) is 8.29. The largest absolute Gasteiger partial charge is 0.508 e. The van der Waals surface area contributed by atoms with Crippen LogP contribution in [-0.4, -0.2) is 109 Å². The van der Waals surface area contributed by atoms with Crippen LogP contribution < -0.4 is 15.1 Å². The lowest BCUT2D eigenvalue weighted by Gasteiger charge is -2.43. The monoisotopic (exact) mass is 820 g/mol. The van der Waals surface area contributed by atoms with Gasteiger partial charge in [0.15, 0.2) is 0 Å². The van der Waals surface area contributed by atoms with Crippen molar-refractivity contribution in [1.29, 1.82) is 0 Å². The lowest BCUT2D eigenvalue weighted by molar-refractivity contribution is -0.136. The fourth-order valence-electron chi connectivity index (χ4n) is 11.7. The minimum absolute atomic E-state index is 0.113. The Hall–Kier alpha value is -5.19. The van der Waals surface area contributed by atoms with Crippen LogP contribution in [0.4, 0.5) is 11.4 Å². The van der Waals surface area contributed by atoms with E-state index in [9.17, 15) is 19.5 Å². The zero-order chi connectivity index (χ0) is 41.5. The number of aromatic hydroxyl groups is 1. The molecule has 4 aromatic carbocycles. The van der Waals surface area contributed by atoms with E-state index in [1.54, 1.807) is 4.90 Å². The standard InChI is InChI=1S/C51H60N6O4/c58-43-16-19-45-37(31-43)12-17-44(35-6-2-1-3-7-35)49(45)36-10-13-41(14-11-36)55-26-22-53(23-27-55)32-38-8-4-5-9-39(38)33-54-24-28-56(29-25-54)42-15-18-46-40(30-42)34-57(51(46)61)47-20-21-48(59)52-50(47)60/h1-3,6-7,10-11,13-16,18-19,30-31,38-39,44,47,49,58H,4-5,8-9,12,17,20-29,32-34H2,(H,52,59,60)/t38-,39-,44+,47+,49-/m0/s1. The second-order valence-electron chi connectivity index (χ2n) is 18.6. The van der Waals surface area contributed by atoms with Crippen LogP contribution in [0.1, 0.15) is 95.0 Å². The number of nitrogens with one attached hydrogen (secondary N) is 1. The topological polar surface area (TPSA) is 99.7 Å². The molecule has 2 N–H and O–H groups in total. The van der Waals surface area contributed by atoms with E-state index in [1.807, 2.05) is 18.2 Å². The molecule has 0 unspecified atom stereocenters. The third-order valence-corrected chi connectivity index (χ3v) is 15.1. The van der Waals surface area contributed by atoms with Crippen LogP contribution in [0.2, 0.25) is 0 Å². The van der Waals surface area contributed by atoms with Gasteiger partial charge in [-0.3, -0.25) is 29.5 Å². The highest BCUT2D eigenvalue weighted by atomic mass is 16.3. The Labute approximate surface area is 360 Å². The molecule has 0 radical (unpaired) electrons. The first-order valence-corrected chi connectivity index (χ1v) is 23.0. The van der Waals surface area contributed by atoms with Gasteiger partial charge in [-0.25, -0.2) is 0 Å². The molecular formula is C51H60N6O4. The number of carbonyl (C=O) groups excluding carboxylic acids is 3. The van der Waals surface area contributed by atoms with Crippen molar-refractivity contribution >= 4 is 29.1 Å². The zero-order valence-electron chi connectivity index (χ0n) is 35.4. The zero-order valence-corrected chi connectivity index (χ0v) is 35.4. The van der Waals surface area contributed by atoms with Gasteiger partial charge in [0.05, 0.1) is 0 Å². The van der Waals surface area contributed by atoms with Crippen molar-refractivity contribution in [3.63, 3.8) is 0 Å². The number of phenolic OH excluding ortho intramolecular Hbond substituents is 1. The molecule has 5 atom stereocenters. The van der Waals surface area contributed by atoms with E-state index in [1.165, 1.54) is 66.7 Å². The fraction of sp³-hybridized carbons (Fsp3) is 0.471. The Bertz CT molecular complexity index is 2230. The van der Waals surface area contributed by atoms with Crippen molar-refractivity contribution in [2.75, 3.05) is 75.2 Å². The molecule has 4 fully saturated rings. The molecule has 6 aliphatic rings. The number of carbonyl (C=O) groups is 3. The molecule has 318 valence electrons. The van der Waals surface area contributed by atoms with E-state index >= 15 is 0 Å². The van der Waals surface area contributed by atoms with Crippen LogP contribution in [0, 0.1) is 11.8 Å². The summed E-state index contributed by atoms with van der Waals surface area (Å²) in [5, 5.41) is 12.7. The Morgan fingerprint density at radius 2 is 1.26 bits per heavy atom.